The van der Waals surface area contributed by atoms with Gasteiger partial charge in [-0.05, 0) is 18.1 Å². The van der Waals surface area contributed by atoms with Crippen LogP contribution >= 0.6 is 0 Å². The van der Waals surface area contributed by atoms with E-state index in [9.17, 15) is 9.59 Å². The first-order valence-electron chi connectivity index (χ1n) is 6.93. The van der Waals surface area contributed by atoms with Crippen molar-refractivity contribution in [3.8, 4) is 11.8 Å². The van der Waals surface area contributed by atoms with Crippen molar-refractivity contribution in [2.45, 2.75) is 38.6 Å². The van der Waals surface area contributed by atoms with Crippen LogP contribution in [0.4, 0.5) is 0 Å². The van der Waals surface area contributed by atoms with E-state index >= 15 is 0 Å². The molecule has 1 aromatic heterocycles. The third kappa shape index (κ3) is 4.86. The van der Waals surface area contributed by atoms with Crippen molar-refractivity contribution in [3.05, 3.63) is 30.1 Å². The molecular formula is C16H17NO5. The molecule has 1 aromatic rings. The van der Waals surface area contributed by atoms with Gasteiger partial charge in [0.25, 0.3) is 0 Å². The number of carbonyl (C=O) groups is 2. The van der Waals surface area contributed by atoms with Crippen molar-refractivity contribution in [1.82, 2.24) is 4.98 Å². The summed E-state index contributed by atoms with van der Waals surface area (Å²) in [6, 6.07) is 5.45. The number of nitrogens with zero attached hydrogens (tertiary/aromatic N) is 1. The molecule has 1 fully saturated rings. The summed E-state index contributed by atoms with van der Waals surface area (Å²) in [5.74, 6) is 5.05. The van der Waals surface area contributed by atoms with Crippen LogP contribution in [0.3, 0.4) is 0 Å². The molecule has 22 heavy (non-hydrogen) atoms. The van der Waals surface area contributed by atoms with Crippen LogP contribution in [0.15, 0.2) is 24.4 Å². The lowest BCUT2D eigenvalue weighted by molar-refractivity contribution is -0.154. The van der Waals surface area contributed by atoms with Gasteiger partial charge in [0.05, 0.1) is 0 Å². The van der Waals surface area contributed by atoms with Crippen molar-refractivity contribution < 1.29 is 23.8 Å². The van der Waals surface area contributed by atoms with E-state index in [1.54, 1.807) is 12.3 Å². The van der Waals surface area contributed by atoms with Crippen molar-refractivity contribution in [1.29, 1.82) is 0 Å². The minimum atomic E-state index is -0.504. The number of rotatable bonds is 3. The highest BCUT2D eigenvalue weighted by molar-refractivity contribution is 5.66. The number of ether oxygens (including phenoxy) is 3. The minimum Gasteiger partial charge on any atom is -0.463 e. The summed E-state index contributed by atoms with van der Waals surface area (Å²) in [4.78, 5) is 26.1. The van der Waals surface area contributed by atoms with E-state index in [4.69, 9.17) is 14.2 Å². The molecule has 0 N–H and O–H groups in total. The van der Waals surface area contributed by atoms with Gasteiger partial charge >= 0.3 is 11.9 Å². The van der Waals surface area contributed by atoms with Gasteiger partial charge in [-0.3, -0.25) is 9.59 Å². The molecule has 1 saturated heterocycles. The Morgan fingerprint density at radius 3 is 2.82 bits per heavy atom. The first-order valence-corrected chi connectivity index (χ1v) is 6.93. The van der Waals surface area contributed by atoms with E-state index in [1.807, 2.05) is 12.1 Å². The zero-order valence-corrected chi connectivity index (χ0v) is 12.4. The highest BCUT2D eigenvalue weighted by atomic mass is 16.6. The van der Waals surface area contributed by atoms with E-state index in [1.165, 1.54) is 13.8 Å². The Morgan fingerprint density at radius 2 is 2.18 bits per heavy atom. The number of aromatic nitrogens is 1. The quantitative estimate of drug-likeness (QED) is 0.614. The van der Waals surface area contributed by atoms with Crippen LogP contribution in [0, 0.1) is 11.8 Å². The topological polar surface area (TPSA) is 74.7 Å². The number of hydrogen-bond donors (Lipinski definition) is 0. The molecule has 0 radical (unpaired) electrons. The molecule has 3 atom stereocenters. The predicted molar refractivity (Wildman–Crippen MR) is 76.6 cm³/mol. The van der Waals surface area contributed by atoms with Crippen LogP contribution in [0.1, 0.15) is 26.0 Å². The van der Waals surface area contributed by atoms with E-state index < -0.39 is 30.3 Å². The average molecular weight is 303 g/mol. The number of esters is 2. The second-order valence-electron chi connectivity index (χ2n) is 4.83. The highest BCUT2D eigenvalue weighted by Crippen LogP contribution is 2.23. The number of pyridine rings is 1. The summed E-state index contributed by atoms with van der Waals surface area (Å²) in [6.07, 6.45) is 0.721. The van der Waals surface area contributed by atoms with Crippen LogP contribution in [0.5, 0.6) is 0 Å². The molecule has 0 amide bonds. The molecule has 2 rings (SSSR count). The molecule has 0 aromatic carbocycles. The van der Waals surface area contributed by atoms with Crippen molar-refractivity contribution in [3.63, 3.8) is 0 Å². The van der Waals surface area contributed by atoms with Gasteiger partial charge in [-0.1, -0.05) is 12.0 Å². The Balaban J connectivity index is 2.01. The molecular weight excluding hydrogens is 286 g/mol. The fourth-order valence-electron chi connectivity index (χ4n) is 2.08. The van der Waals surface area contributed by atoms with Gasteiger partial charge in [0.1, 0.15) is 30.6 Å². The Morgan fingerprint density at radius 1 is 1.36 bits per heavy atom. The van der Waals surface area contributed by atoms with Crippen molar-refractivity contribution >= 4 is 11.9 Å². The zero-order chi connectivity index (χ0) is 15.9. The maximum Gasteiger partial charge on any atom is 0.302 e. The molecule has 0 unspecified atom stereocenters. The Bertz CT molecular complexity index is 590. The maximum atomic E-state index is 11.1. The molecule has 1 aliphatic rings. The van der Waals surface area contributed by atoms with E-state index in [-0.39, 0.29) is 6.61 Å². The molecule has 0 saturated carbocycles. The van der Waals surface area contributed by atoms with Crippen LogP contribution in [0.25, 0.3) is 0 Å². The lowest BCUT2D eigenvalue weighted by Crippen LogP contribution is -2.31. The Labute approximate surface area is 128 Å². The normalized spacial score (nSPS) is 23.3. The summed E-state index contributed by atoms with van der Waals surface area (Å²) in [5, 5.41) is 0. The largest absolute Gasteiger partial charge is 0.463 e. The second kappa shape index (κ2) is 7.57. The van der Waals surface area contributed by atoms with Gasteiger partial charge in [-0.2, -0.15) is 0 Å². The van der Waals surface area contributed by atoms with Gasteiger partial charge in [-0.25, -0.2) is 4.98 Å². The molecule has 116 valence electrons. The van der Waals surface area contributed by atoms with E-state index in [0.717, 1.165) is 0 Å². The predicted octanol–water partition coefficient (Wildman–Crippen LogP) is 1.09. The van der Waals surface area contributed by atoms with Crippen molar-refractivity contribution in [2.24, 2.45) is 0 Å². The smallest absolute Gasteiger partial charge is 0.302 e. The molecule has 2 heterocycles. The van der Waals surface area contributed by atoms with E-state index in [2.05, 4.69) is 16.8 Å². The second-order valence-corrected chi connectivity index (χ2v) is 4.83. The standard InChI is InChI=1S/C16H17NO5/c1-11(18)20-10-16-15(21-12(2)19)9-14(22-16)7-6-13-5-3-4-8-17-13/h3-5,8,14-16H,9-10H2,1-2H3/t14-,15-,16+/m0/s1. The van der Waals surface area contributed by atoms with Gasteiger partial charge in [-0.15, -0.1) is 0 Å². The average Bonchev–Trinajstić information content (AvgIpc) is 2.85. The highest BCUT2D eigenvalue weighted by Gasteiger charge is 2.37. The van der Waals surface area contributed by atoms with Crippen LogP contribution in [-0.2, 0) is 23.8 Å². The Kier molecular flexibility index (Phi) is 5.50. The SMILES string of the molecule is CC(=O)OC[C@H]1O[C@@H](C#Cc2ccccn2)C[C@@H]1OC(C)=O. The molecule has 0 bridgehead atoms. The summed E-state index contributed by atoms with van der Waals surface area (Å²) in [6.45, 7) is 2.68. The van der Waals surface area contributed by atoms with Crippen molar-refractivity contribution in [2.75, 3.05) is 6.61 Å². The van der Waals surface area contributed by atoms with Gasteiger partial charge in [0.2, 0.25) is 0 Å². The summed E-state index contributed by atoms with van der Waals surface area (Å²) in [7, 11) is 0. The van der Waals surface area contributed by atoms with Gasteiger partial charge in [0, 0.05) is 26.5 Å². The summed E-state index contributed by atoms with van der Waals surface area (Å²) >= 11 is 0. The lowest BCUT2D eigenvalue weighted by atomic mass is 10.1. The Hall–Kier alpha value is -2.39. The first-order chi connectivity index (χ1) is 10.5. The molecule has 0 aliphatic carbocycles. The molecule has 1 aliphatic heterocycles. The van der Waals surface area contributed by atoms with Gasteiger partial charge in [0.15, 0.2) is 0 Å². The monoisotopic (exact) mass is 303 g/mol. The molecule has 6 heteroatoms. The van der Waals surface area contributed by atoms with E-state index in [0.29, 0.717) is 12.1 Å². The van der Waals surface area contributed by atoms with Gasteiger partial charge < -0.3 is 14.2 Å². The van der Waals surface area contributed by atoms with Crippen LogP contribution in [0.2, 0.25) is 0 Å². The van der Waals surface area contributed by atoms with Crippen LogP contribution < -0.4 is 0 Å². The summed E-state index contributed by atoms with van der Waals surface area (Å²) < 4.78 is 15.8. The van der Waals surface area contributed by atoms with Crippen LogP contribution in [-0.4, -0.2) is 41.8 Å². The molecule has 6 nitrogen and oxygen atoms in total. The summed E-state index contributed by atoms with van der Waals surface area (Å²) in [5.41, 5.74) is 0.638. The number of carbonyl (C=O) groups excluding carboxylic acids is 2. The minimum absolute atomic E-state index is 0.0368. The fraction of sp³-hybridized carbons (Fsp3) is 0.438. The molecule has 0 spiro atoms. The first kappa shape index (κ1) is 16.0. The number of hydrogen-bond acceptors (Lipinski definition) is 6. The fourth-order valence-corrected chi connectivity index (χ4v) is 2.08. The third-order valence-electron chi connectivity index (χ3n) is 2.99. The maximum absolute atomic E-state index is 11.1. The third-order valence-corrected chi connectivity index (χ3v) is 2.99. The zero-order valence-electron chi connectivity index (χ0n) is 12.4. The lowest BCUT2D eigenvalue weighted by Gasteiger charge is -2.17.